The van der Waals surface area contributed by atoms with Gasteiger partial charge < -0.3 is 4.74 Å². The van der Waals surface area contributed by atoms with Crippen LogP contribution in [-0.4, -0.2) is 53.2 Å². The van der Waals surface area contributed by atoms with Gasteiger partial charge in [-0.3, -0.25) is 0 Å². The minimum Gasteiger partial charge on any atom is -0.379 e. The van der Waals surface area contributed by atoms with Gasteiger partial charge in [0.25, 0.3) is 0 Å². The maximum Gasteiger partial charge on any atom is 0.350 e. The number of morpholine rings is 1. The van der Waals surface area contributed by atoms with Crippen molar-refractivity contribution in [3.63, 3.8) is 0 Å². The van der Waals surface area contributed by atoms with Crippen LogP contribution < -0.4 is 5.69 Å². The standard InChI is InChI=1S/C18H20N4O4S/c1-14-4-6-15(7-5-14)13-22-18(23)21-8-2-3-16(17(21)19-22)27(24,25)20-9-11-26-12-10-20/h2-8H,9-13H2,1H3. The lowest BCUT2D eigenvalue weighted by atomic mass is 10.1. The van der Waals surface area contributed by atoms with Gasteiger partial charge in [-0.25, -0.2) is 22.3 Å². The lowest BCUT2D eigenvalue weighted by Gasteiger charge is -2.25. The van der Waals surface area contributed by atoms with Crippen LogP contribution in [0.1, 0.15) is 11.1 Å². The van der Waals surface area contributed by atoms with Crippen LogP contribution in [0.15, 0.2) is 52.3 Å². The van der Waals surface area contributed by atoms with Gasteiger partial charge in [-0.2, -0.15) is 4.31 Å². The number of aromatic nitrogens is 3. The van der Waals surface area contributed by atoms with Gasteiger partial charge in [-0.15, -0.1) is 5.10 Å². The van der Waals surface area contributed by atoms with E-state index in [1.165, 1.54) is 25.7 Å². The number of pyridine rings is 1. The van der Waals surface area contributed by atoms with Crippen LogP contribution in [-0.2, 0) is 21.3 Å². The molecule has 0 aliphatic carbocycles. The van der Waals surface area contributed by atoms with E-state index in [-0.39, 0.29) is 35.9 Å². The second kappa shape index (κ2) is 6.91. The second-order valence-electron chi connectivity index (χ2n) is 6.51. The van der Waals surface area contributed by atoms with Gasteiger partial charge in [0.05, 0.1) is 19.8 Å². The predicted octanol–water partition coefficient (Wildman–Crippen LogP) is 0.874. The van der Waals surface area contributed by atoms with Gasteiger partial charge in [0, 0.05) is 19.3 Å². The monoisotopic (exact) mass is 388 g/mol. The average molecular weight is 388 g/mol. The molecule has 1 saturated heterocycles. The summed E-state index contributed by atoms with van der Waals surface area (Å²) in [7, 11) is -3.75. The molecule has 3 aromatic rings. The van der Waals surface area contributed by atoms with Crippen molar-refractivity contribution in [2.24, 2.45) is 0 Å². The molecule has 1 aromatic carbocycles. The Bertz CT molecular complexity index is 1130. The van der Waals surface area contributed by atoms with E-state index >= 15 is 0 Å². The van der Waals surface area contributed by atoms with Crippen molar-refractivity contribution in [1.29, 1.82) is 0 Å². The quantitative estimate of drug-likeness (QED) is 0.662. The fraction of sp³-hybridized carbons (Fsp3) is 0.333. The summed E-state index contributed by atoms with van der Waals surface area (Å²) in [5.74, 6) is 0. The summed E-state index contributed by atoms with van der Waals surface area (Å²) in [5, 5.41) is 4.32. The Labute approximate surface area is 156 Å². The van der Waals surface area contributed by atoms with Crippen LogP contribution in [0.3, 0.4) is 0 Å². The van der Waals surface area contributed by atoms with Gasteiger partial charge in [-0.1, -0.05) is 29.8 Å². The number of hydrogen-bond donors (Lipinski definition) is 0. The Morgan fingerprint density at radius 2 is 1.81 bits per heavy atom. The number of aryl methyl sites for hydroxylation is 1. The minimum absolute atomic E-state index is 0.0339. The molecule has 142 valence electrons. The molecule has 0 radical (unpaired) electrons. The van der Waals surface area contributed by atoms with Crippen LogP contribution in [0.5, 0.6) is 0 Å². The lowest BCUT2D eigenvalue weighted by molar-refractivity contribution is 0.0730. The summed E-state index contributed by atoms with van der Waals surface area (Å²) in [6, 6.07) is 10.8. The molecule has 4 rings (SSSR count). The zero-order valence-corrected chi connectivity index (χ0v) is 15.7. The van der Waals surface area contributed by atoms with Crippen molar-refractivity contribution in [3.05, 3.63) is 64.2 Å². The van der Waals surface area contributed by atoms with Crippen LogP contribution in [0.25, 0.3) is 5.65 Å². The summed E-state index contributed by atoms with van der Waals surface area (Å²) < 4.78 is 35.2. The normalized spacial score (nSPS) is 16.0. The maximum atomic E-state index is 13.0. The Morgan fingerprint density at radius 3 is 2.52 bits per heavy atom. The number of fused-ring (bicyclic) bond motifs is 1. The van der Waals surface area contributed by atoms with Crippen molar-refractivity contribution in [1.82, 2.24) is 18.5 Å². The first-order valence-corrected chi connectivity index (χ1v) is 10.1. The second-order valence-corrected chi connectivity index (χ2v) is 8.41. The number of benzene rings is 1. The zero-order chi connectivity index (χ0) is 19.0. The van der Waals surface area contributed by atoms with Crippen molar-refractivity contribution in [3.8, 4) is 0 Å². The zero-order valence-electron chi connectivity index (χ0n) is 14.9. The summed E-state index contributed by atoms with van der Waals surface area (Å²) in [5.41, 5.74) is 1.81. The first-order valence-electron chi connectivity index (χ1n) is 8.68. The van der Waals surface area contributed by atoms with Crippen LogP contribution >= 0.6 is 0 Å². The highest BCUT2D eigenvalue weighted by Crippen LogP contribution is 2.20. The number of sulfonamides is 1. The topological polar surface area (TPSA) is 85.9 Å². The van der Waals surface area contributed by atoms with E-state index in [9.17, 15) is 13.2 Å². The Morgan fingerprint density at radius 1 is 1.11 bits per heavy atom. The first-order chi connectivity index (χ1) is 13.0. The van der Waals surface area contributed by atoms with E-state index in [4.69, 9.17) is 4.74 Å². The molecule has 0 amide bonds. The number of hydrogen-bond acceptors (Lipinski definition) is 5. The molecule has 1 aliphatic heterocycles. The van der Waals surface area contributed by atoms with Crippen LogP contribution in [0.4, 0.5) is 0 Å². The van der Waals surface area contributed by atoms with Crippen LogP contribution in [0.2, 0.25) is 0 Å². The van der Waals surface area contributed by atoms with E-state index in [1.807, 2.05) is 31.2 Å². The molecule has 0 bridgehead atoms. The molecule has 9 heteroatoms. The van der Waals surface area contributed by atoms with Gasteiger partial charge in [0.1, 0.15) is 4.90 Å². The fourth-order valence-electron chi connectivity index (χ4n) is 3.11. The molecule has 0 N–H and O–H groups in total. The van der Waals surface area contributed by atoms with Gasteiger partial charge in [0.15, 0.2) is 5.65 Å². The molecule has 3 heterocycles. The Balaban J connectivity index is 1.77. The summed E-state index contributed by atoms with van der Waals surface area (Å²) >= 11 is 0. The molecule has 8 nitrogen and oxygen atoms in total. The molecule has 1 fully saturated rings. The van der Waals surface area contributed by atoms with Crippen LogP contribution in [0, 0.1) is 6.92 Å². The SMILES string of the molecule is Cc1ccc(Cn2nc3c(S(=O)(=O)N4CCOCC4)cccn3c2=O)cc1. The van der Waals surface area contributed by atoms with Crippen molar-refractivity contribution in [2.75, 3.05) is 26.3 Å². The maximum absolute atomic E-state index is 13.0. The molecule has 0 atom stereocenters. The third-order valence-electron chi connectivity index (χ3n) is 4.61. The lowest BCUT2D eigenvalue weighted by Crippen LogP contribution is -2.40. The highest BCUT2D eigenvalue weighted by molar-refractivity contribution is 7.89. The van der Waals surface area contributed by atoms with Gasteiger partial charge >= 0.3 is 5.69 Å². The van der Waals surface area contributed by atoms with E-state index in [0.29, 0.717) is 13.2 Å². The smallest absolute Gasteiger partial charge is 0.350 e. The summed E-state index contributed by atoms with van der Waals surface area (Å²) in [6.45, 7) is 3.56. The van der Waals surface area contributed by atoms with Crippen molar-refractivity contribution < 1.29 is 13.2 Å². The Kier molecular flexibility index (Phi) is 4.58. The molecule has 0 spiro atoms. The predicted molar refractivity (Wildman–Crippen MR) is 99.3 cm³/mol. The molecule has 27 heavy (non-hydrogen) atoms. The van der Waals surface area contributed by atoms with Crippen molar-refractivity contribution in [2.45, 2.75) is 18.4 Å². The van der Waals surface area contributed by atoms with E-state index in [0.717, 1.165) is 11.1 Å². The van der Waals surface area contributed by atoms with E-state index in [1.54, 1.807) is 6.07 Å². The highest BCUT2D eigenvalue weighted by Gasteiger charge is 2.29. The van der Waals surface area contributed by atoms with E-state index in [2.05, 4.69) is 5.10 Å². The largest absolute Gasteiger partial charge is 0.379 e. The van der Waals surface area contributed by atoms with Gasteiger partial charge in [-0.05, 0) is 24.6 Å². The molecule has 2 aromatic heterocycles. The third kappa shape index (κ3) is 3.29. The average Bonchev–Trinajstić information content (AvgIpc) is 3.00. The molecule has 1 aliphatic rings. The number of nitrogens with zero attached hydrogens (tertiary/aromatic N) is 4. The van der Waals surface area contributed by atoms with E-state index < -0.39 is 10.0 Å². The van der Waals surface area contributed by atoms with Gasteiger partial charge in [0.2, 0.25) is 10.0 Å². The minimum atomic E-state index is -3.75. The molecular weight excluding hydrogens is 368 g/mol. The molecule has 0 saturated carbocycles. The summed E-state index contributed by atoms with van der Waals surface area (Å²) in [6.07, 6.45) is 1.54. The number of rotatable bonds is 4. The molecule has 0 unspecified atom stereocenters. The van der Waals surface area contributed by atoms with Crippen molar-refractivity contribution >= 4 is 15.7 Å². The highest BCUT2D eigenvalue weighted by atomic mass is 32.2. The Hall–Kier alpha value is -2.49. The first kappa shape index (κ1) is 17.9. The third-order valence-corrected chi connectivity index (χ3v) is 6.53. The number of ether oxygens (including phenoxy) is 1. The molecular formula is C18H20N4O4S. The fourth-order valence-corrected chi connectivity index (χ4v) is 4.64. The summed E-state index contributed by atoms with van der Waals surface area (Å²) in [4.78, 5) is 12.7.